The number of likely N-dealkylation sites (N-methyl/N-ethyl adjacent to an activating group) is 1. The fourth-order valence-corrected chi connectivity index (χ4v) is 2.02. The molecule has 5 heteroatoms. The van der Waals surface area contributed by atoms with E-state index in [4.69, 9.17) is 10.2 Å². The van der Waals surface area contributed by atoms with E-state index in [1.165, 1.54) is 0 Å². The number of likely N-dealkylation sites (tertiary alicyclic amines) is 1. The summed E-state index contributed by atoms with van der Waals surface area (Å²) in [7, 11) is 0. The third-order valence-corrected chi connectivity index (χ3v) is 2.69. The Labute approximate surface area is 82.3 Å². The lowest BCUT2D eigenvalue weighted by molar-refractivity contribution is -0.153. The van der Waals surface area contributed by atoms with E-state index in [1.54, 1.807) is 11.8 Å². The maximum absolute atomic E-state index is 10.9. The molecule has 0 bridgehead atoms. The van der Waals surface area contributed by atoms with Gasteiger partial charge in [0.25, 0.3) is 0 Å². The molecule has 1 aliphatic rings. The lowest BCUT2D eigenvalue weighted by Crippen LogP contribution is -2.53. The normalized spacial score (nSPS) is 28.6. The molecule has 14 heavy (non-hydrogen) atoms. The lowest BCUT2D eigenvalue weighted by Gasteiger charge is -2.36. The van der Waals surface area contributed by atoms with Gasteiger partial charge in [-0.1, -0.05) is 6.92 Å². The molecule has 0 unspecified atom stereocenters. The van der Waals surface area contributed by atoms with Crippen molar-refractivity contribution in [3.63, 3.8) is 0 Å². The first-order valence-electron chi connectivity index (χ1n) is 4.79. The topological polar surface area (TPSA) is 77.8 Å². The number of aliphatic carboxylic acids is 2. The highest BCUT2D eigenvalue weighted by atomic mass is 16.4. The standard InChI is InChI=1S/C9H15NO4/c1-2-10-6(8(11)12)4-3-5-7(10)9(13)14/h6-7H,2-5H2,1H3,(H,11,12)(H,13,14)/t6-,7-/m1/s1. The van der Waals surface area contributed by atoms with E-state index in [1.807, 2.05) is 0 Å². The van der Waals surface area contributed by atoms with Gasteiger partial charge in [-0.25, -0.2) is 0 Å². The number of carboxylic acids is 2. The Hall–Kier alpha value is -1.10. The highest BCUT2D eigenvalue weighted by Crippen LogP contribution is 2.22. The summed E-state index contributed by atoms with van der Waals surface area (Å²) in [5.74, 6) is -1.84. The van der Waals surface area contributed by atoms with E-state index in [2.05, 4.69) is 0 Å². The zero-order valence-electron chi connectivity index (χ0n) is 8.14. The van der Waals surface area contributed by atoms with Gasteiger partial charge in [-0.05, 0) is 25.8 Å². The highest BCUT2D eigenvalue weighted by Gasteiger charge is 2.37. The number of piperidine rings is 1. The Balaban J connectivity index is 2.79. The van der Waals surface area contributed by atoms with Gasteiger partial charge in [-0.2, -0.15) is 0 Å². The molecule has 80 valence electrons. The molecule has 0 radical (unpaired) electrons. The summed E-state index contributed by atoms with van der Waals surface area (Å²) in [5, 5.41) is 17.8. The second kappa shape index (κ2) is 4.41. The fraction of sp³-hybridized carbons (Fsp3) is 0.778. The molecule has 1 aliphatic heterocycles. The second-order valence-corrected chi connectivity index (χ2v) is 3.47. The largest absolute Gasteiger partial charge is 0.480 e. The zero-order chi connectivity index (χ0) is 10.7. The van der Waals surface area contributed by atoms with Crippen molar-refractivity contribution in [2.75, 3.05) is 6.54 Å². The van der Waals surface area contributed by atoms with Gasteiger partial charge in [0.1, 0.15) is 12.1 Å². The summed E-state index contributed by atoms with van der Waals surface area (Å²) >= 11 is 0. The van der Waals surface area contributed by atoms with Crippen LogP contribution >= 0.6 is 0 Å². The van der Waals surface area contributed by atoms with Crippen molar-refractivity contribution in [3.05, 3.63) is 0 Å². The van der Waals surface area contributed by atoms with Crippen LogP contribution in [0, 0.1) is 0 Å². The van der Waals surface area contributed by atoms with Gasteiger partial charge in [0.05, 0.1) is 0 Å². The minimum atomic E-state index is -0.919. The molecular weight excluding hydrogens is 186 g/mol. The fourth-order valence-electron chi connectivity index (χ4n) is 2.02. The van der Waals surface area contributed by atoms with Crippen LogP contribution in [0.25, 0.3) is 0 Å². The average molecular weight is 201 g/mol. The minimum Gasteiger partial charge on any atom is -0.480 e. The van der Waals surface area contributed by atoms with Crippen molar-refractivity contribution in [2.24, 2.45) is 0 Å². The SMILES string of the molecule is CCN1[C@@H](C(=O)O)CCC[C@@H]1C(=O)O. The second-order valence-electron chi connectivity index (χ2n) is 3.47. The first-order valence-corrected chi connectivity index (χ1v) is 4.79. The van der Waals surface area contributed by atoms with Crippen molar-refractivity contribution >= 4 is 11.9 Å². The van der Waals surface area contributed by atoms with Gasteiger partial charge < -0.3 is 10.2 Å². The Morgan fingerprint density at radius 2 is 1.64 bits per heavy atom. The molecule has 2 atom stereocenters. The zero-order valence-corrected chi connectivity index (χ0v) is 8.14. The predicted molar refractivity (Wildman–Crippen MR) is 49.1 cm³/mol. The van der Waals surface area contributed by atoms with E-state index in [-0.39, 0.29) is 0 Å². The van der Waals surface area contributed by atoms with Crippen molar-refractivity contribution in [2.45, 2.75) is 38.3 Å². The van der Waals surface area contributed by atoms with Crippen LogP contribution in [0.15, 0.2) is 0 Å². The Bertz CT molecular complexity index is 219. The molecule has 0 aliphatic carbocycles. The molecule has 1 heterocycles. The van der Waals surface area contributed by atoms with Crippen molar-refractivity contribution in [1.29, 1.82) is 0 Å². The summed E-state index contributed by atoms with van der Waals surface area (Å²) in [5.41, 5.74) is 0. The number of hydrogen-bond donors (Lipinski definition) is 2. The molecule has 0 aromatic carbocycles. The highest BCUT2D eigenvalue weighted by molar-refractivity contribution is 5.78. The monoisotopic (exact) mass is 201 g/mol. The van der Waals surface area contributed by atoms with Crippen LogP contribution in [-0.4, -0.2) is 45.7 Å². The molecule has 5 nitrogen and oxygen atoms in total. The smallest absolute Gasteiger partial charge is 0.320 e. The average Bonchev–Trinajstić information content (AvgIpc) is 2.16. The summed E-state index contributed by atoms with van der Waals surface area (Å²) < 4.78 is 0. The van der Waals surface area contributed by atoms with Crippen LogP contribution in [0.2, 0.25) is 0 Å². The van der Waals surface area contributed by atoms with Crippen LogP contribution in [-0.2, 0) is 9.59 Å². The van der Waals surface area contributed by atoms with Crippen LogP contribution in [0.5, 0.6) is 0 Å². The van der Waals surface area contributed by atoms with E-state index in [0.717, 1.165) is 0 Å². The quantitative estimate of drug-likeness (QED) is 0.691. The van der Waals surface area contributed by atoms with Gasteiger partial charge in [-0.3, -0.25) is 14.5 Å². The minimum absolute atomic E-state index is 0.466. The maximum atomic E-state index is 10.9. The van der Waals surface area contributed by atoms with Crippen LogP contribution in [0.4, 0.5) is 0 Å². The van der Waals surface area contributed by atoms with Crippen LogP contribution in [0.1, 0.15) is 26.2 Å². The van der Waals surface area contributed by atoms with E-state index < -0.39 is 24.0 Å². The molecule has 0 amide bonds. The number of hydrogen-bond acceptors (Lipinski definition) is 3. The van der Waals surface area contributed by atoms with E-state index in [9.17, 15) is 9.59 Å². The molecule has 0 spiro atoms. The van der Waals surface area contributed by atoms with Gasteiger partial charge in [0.15, 0.2) is 0 Å². The molecule has 1 rings (SSSR count). The predicted octanol–water partition coefficient (Wildman–Crippen LogP) is 0.399. The number of rotatable bonds is 3. The van der Waals surface area contributed by atoms with Gasteiger partial charge in [0, 0.05) is 0 Å². The maximum Gasteiger partial charge on any atom is 0.320 e. The summed E-state index contributed by atoms with van der Waals surface area (Å²) in [6.07, 6.45) is 1.77. The molecule has 0 aromatic rings. The number of nitrogens with zero attached hydrogens (tertiary/aromatic N) is 1. The molecule has 2 N–H and O–H groups in total. The van der Waals surface area contributed by atoms with E-state index in [0.29, 0.717) is 25.8 Å². The molecule has 1 fully saturated rings. The van der Waals surface area contributed by atoms with Crippen LogP contribution < -0.4 is 0 Å². The van der Waals surface area contributed by atoms with Crippen molar-refractivity contribution < 1.29 is 19.8 Å². The summed E-state index contributed by atoms with van der Waals surface area (Å²) in [4.78, 5) is 23.3. The van der Waals surface area contributed by atoms with Gasteiger partial charge >= 0.3 is 11.9 Å². The molecule has 1 saturated heterocycles. The third kappa shape index (κ3) is 2.04. The Kier molecular flexibility index (Phi) is 3.46. The van der Waals surface area contributed by atoms with Crippen molar-refractivity contribution in [1.82, 2.24) is 4.90 Å². The summed E-state index contributed by atoms with van der Waals surface area (Å²) in [6.45, 7) is 2.26. The molecule has 0 aromatic heterocycles. The summed E-state index contributed by atoms with van der Waals surface area (Å²) in [6, 6.07) is -1.26. The van der Waals surface area contributed by atoms with E-state index >= 15 is 0 Å². The van der Waals surface area contributed by atoms with Crippen molar-refractivity contribution in [3.8, 4) is 0 Å². The third-order valence-electron chi connectivity index (χ3n) is 2.69. The molecular formula is C9H15NO4. The van der Waals surface area contributed by atoms with Gasteiger partial charge in [0.2, 0.25) is 0 Å². The lowest BCUT2D eigenvalue weighted by atomic mass is 9.95. The first-order chi connectivity index (χ1) is 6.57. The van der Waals surface area contributed by atoms with Gasteiger partial charge in [-0.15, -0.1) is 0 Å². The number of carboxylic acid groups (broad SMARTS) is 2. The Morgan fingerprint density at radius 1 is 1.21 bits per heavy atom. The first kappa shape index (κ1) is 11.0. The van der Waals surface area contributed by atoms with Crippen LogP contribution in [0.3, 0.4) is 0 Å². The molecule has 0 saturated carbocycles. The Morgan fingerprint density at radius 3 is 1.93 bits per heavy atom. The number of carbonyl (C=O) groups is 2.